The molecule has 0 aliphatic carbocycles. The highest BCUT2D eigenvalue weighted by Crippen LogP contribution is 2.17. The van der Waals surface area contributed by atoms with Crippen LogP contribution in [-0.2, 0) is 9.59 Å². The summed E-state index contributed by atoms with van der Waals surface area (Å²) >= 11 is 0. The van der Waals surface area contributed by atoms with Gasteiger partial charge in [-0.1, -0.05) is 24.9 Å². The molecule has 0 radical (unpaired) electrons. The van der Waals surface area contributed by atoms with Gasteiger partial charge in [0.25, 0.3) is 0 Å². The number of nitrogens with zero attached hydrogens (tertiary/aromatic N) is 2. The lowest BCUT2D eigenvalue weighted by Gasteiger charge is -2.15. The third-order valence-electron chi connectivity index (χ3n) is 2.42. The molecule has 0 aliphatic heterocycles. The van der Waals surface area contributed by atoms with E-state index in [1.165, 1.54) is 4.90 Å². The van der Waals surface area contributed by atoms with E-state index in [0.717, 1.165) is 5.69 Å². The van der Waals surface area contributed by atoms with E-state index in [9.17, 15) is 9.59 Å². The molecule has 0 aromatic carbocycles. The van der Waals surface area contributed by atoms with E-state index in [1.54, 1.807) is 6.07 Å². The van der Waals surface area contributed by atoms with E-state index >= 15 is 0 Å². The summed E-state index contributed by atoms with van der Waals surface area (Å²) in [7, 11) is 0. The number of hydrogen-bond donors (Lipinski definition) is 2. The van der Waals surface area contributed by atoms with Crippen LogP contribution in [0.4, 0.5) is 5.88 Å². The highest BCUT2D eigenvalue weighted by atomic mass is 16.5. The van der Waals surface area contributed by atoms with Crippen molar-refractivity contribution in [3.05, 3.63) is 11.8 Å². The van der Waals surface area contributed by atoms with Crippen molar-refractivity contribution in [3.8, 4) is 12.3 Å². The van der Waals surface area contributed by atoms with Crippen LogP contribution < -0.4 is 5.32 Å². The summed E-state index contributed by atoms with van der Waals surface area (Å²) in [6.45, 7) is 3.54. The monoisotopic (exact) mass is 279 g/mol. The fraction of sp³-hybridized carbons (Fsp3) is 0.462. The predicted octanol–water partition coefficient (Wildman–Crippen LogP) is 0.756. The lowest BCUT2D eigenvalue weighted by molar-refractivity contribution is -0.138. The Morgan fingerprint density at radius 1 is 1.55 bits per heavy atom. The smallest absolute Gasteiger partial charge is 0.317 e. The van der Waals surface area contributed by atoms with Crippen LogP contribution in [-0.4, -0.2) is 46.7 Å². The molecule has 0 atom stereocenters. The third-order valence-corrected chi connectivity index (χ3v) is 2.42. The van der Waals surface area contributed by atoms with Crippen LogP contribution in [0.5, 0.6) is 0 Å². The van der Waals surface area contributed by atoms with Gasteiger partial charge in [0.05, 0.1) is 25.3 Å². The maximum atomic E-state index is 11.8. The van der Waals surface area contributed by atoms with Gasteiger partial charge in [0.15, 0.2) is 0 Å². The number of aromatic nitrogens is 1. The molecule has 0 spiro atoms. The highest BCUT2D eigenvalue weighted by Gasteiger charge is 2.15. The molecule has 7 heteroatoms. The van der Waals surface area contributed by atoms with Gasteiger partial charge in [-0.15, -0.1) is 6.42 Å². The molecule has 0 fully saturated rings. The SMILES string of the molecule is C#CCN(CC(=O)O)CC(=O)Nc1cc(C(C)C)no1. The van der Waals surface area contributed by atoms with Crippen molar-refractivity contribution in [2.75, 3.05) is 25.0 Å². The first-order valence-corrected chi connectivity index (χ1v) is 6.06. The molecular formula is C13H17N3O4. The summed E-state index contributed by atoms with van der Waals surface area (Å²) in [4.78, 5) is 23.7. The Morgan fingerprint density at radius 3 is 2.75 bits per heavy atom. The number of rotatable bonds is 7. The number of nitrogens with one attached hydrogen (secondary N) is 1. The van der Waals surface area contributed by atoms with E-state index in [2.05, 4.69) is 16.4 Å². The first kappa shape index (κ1) is 15.7. The maximum absolute atomic E-state index is 11.8. The number of carbonyl (C=O) groups excluding carboxylic acids is 1. The summed E-state index contributed by atoms with van der Waals surface area (Å²) in [5.74, 6) is 1.27. The Morgan fingerprint density at radius 2 is 2.25 bits per heavy atom. The fourth-order valence-corrected chi connectivity index (χ4v) is 1.49. The second kappa shape index (κ2) is 7.31. The second-order valence-corrected chi connectivity index (χ2v) is 4.56. The predicted molar refractivity (Wildman–Crippen MR) is 72.1 cm³/mol. The van der Waals surface area contributed by atoms with Gasteiger partial charge < -0.3 is 9.63 Å². The van der Waals surface area contributed by atoms with Crippen LogP contribution in [0.2, 0.25) is 0 Å². The van der Waals surface area contributed by atoms with Crippen molar-refractivity contribution >= 4 is 17.8 Å². The fourth-order valence-electron chi connectivity index (χ4n) is 1.49. The largest absolute Gasteiger partial charge is 0.480 e. The lowest BCUT2D eigenvalue weighted by Crippen LogP contribution is -2.37. The standard InChI is InChI=1S/C13H17N3O4/c1-4-5-16(8-13(18)19)7-11(17)14-12-6-10(9(2)3)15-20-12/h1,6,9H,5,7-8H2,2-3H3,(H,14,17)(H,18,19). The average Bonchev–Trinajstić information content (AvgIpc) is 2.76. The van der Waals surface area contributed by atoms with E-state index in [-0.39, 0.29) is 31.4 Å². The average molecular weight is 279 g/mol. The number of terminal acetylenes is 1. The molecule has 1 aromatic heterocycles. The first-order valence-electron chi connectivity index (χ1n) is 6.06. The molecule has 108 valence electrons. The van der Waals surface area contributed by atoms with Crippen molar-refractivity contribution in [1.82, 2.24) is 10.1 Å². The van der Waals surface area contributed by atoms with Gasteiger partial charge >= 0.3 is 5.97 Å². The van der Waals surface area contributed by atoms with Gasteiger partial charge in [0.1, 0.15) is 0 Å². The maximum Gasteiger partial charge on any atom is 0.317 e. The number of anilines is 1. The minimum Gasteiger partial charge on any atom is -0.480 e. The molecule has 0 saturated carbocycles. The van der Waals surface area contributed by atoms with Gasteiger partial charge in [-0.05, 0) is 5.92 Å². The van der Waals surface area contributed by atoms with Crippen molar-refractivity contribution in [1.29, 1.82) is 0 Å². The summed E-state index contributed by atoms with van der Waals surface area (Å²) in [6.07, 6.45) is 5.13. The molecule has 2 N–H and O–H groups in total. The third kappa shape index (κ3) is 5.12. The zero-order valence-electron chi connectivity index (χ0n) is 11.4. The van der Waals surface area contributed by atoms with Crippen molar-refractivity contribution < 1.29 is 19.2 Å². The molecule has 0 aliphatic rings. The summed E-state index contributed by atoms with van der Waals surface area (Å²) in [5, 5.41) is 15.0. The summed E-state index contributed by atoms with van der Waals surface area (Å²) < 4.78 is 4.96. The number of hydrogen-bond acceptors (Lipinski definition) is 5. The minimum absolute atomic E-state index is 0.0768. The van der Waals surface area contributed by atoms with Crippen molar-refractivity contribution in [3.63, 3.8) is 0 Å². The number of amides is 1. The summed E-state index contributed by atoms with van der Waals surface area (Å²) in [5.41, 5.74) is 0.728. The van der Waals surface area contributed by atoms with Crippen LogP contribution in [0.25, 0.3) is 0 Å². The van der Waals surface area contributed by atoms with E-state index in [4.69, 9.17) is 16.1 Å². The van der Waals surface area contributed by atoms with Crippen LogP contribution in [0.3, 0.4) is 0 Å². The zero-order valence-corrected chi connectivity index (χ0v) is 11.4. The number of carboxylic acid groups (broad SMARTS) is 1. The molecule has 0 unspecified atom stereocenters. The Bertz CT molecular complexity index is 516. The Balaban J connectivity index is 2.56. The molecular weight excluding hydrogens is 262 g/mol. The first-order chi connectivity index (χ1) is 9.42. The molecule has 7 nitrogen and oxygen atoms in total. The Labute approximate surface area is 116 Å². The second-order valence-electron chi connectivity index (χ2n) is 4.56. The molecule has 1 amide bonds. The summed E-state index contributed by atoms with van der Waals surface area (Å²) in [6, 6.07) is 1.63. The Kier molecular flexibility index (Phi) is 5.74. The van der Waals surface area contributed by atoms with Crippen LogP contribution >= 0.6 is 0 Å². The van der Waals surface area contributed by atoms with Crippen molar-refractivity contribution in [2.45, 2.75) is 19.8 Å². The van der Waals surface area contributed by atoms with Crippen LogP contribution in [0.1, 0.15) is 25.5 Å². The van der Waals surface area contributed by atoms with E-state index in [0.29, 0.717) is 0 Å². The molecule has 1 aromatic rings. The topological polar surface area (TPSA) is 95.7 Å². The molecule has 1 heterocycles. The van der Waals surface area contributed by atoms with Gasteiger partial charge in [0.2, 0.25) is 11.8 Å². The molecule has 20 heavy (non-hydrogen) atoms. The number of aliphatic carboxylic acids is 1. The van der Waals surface area contributed by atoms with Gasteiger partial charge in [-0.2, -0.15) is 0 Å². The zero-order chi connectivity index (χ0) is 15.1. The van der Waals surface area contributed by atoms with Crippen LogP contribution in [0.15, 0.2) is 10.6 Å². The normalized spacial score (nSPS) is 10.6. The van der Waals surface area contributed by atoms with E-state index in [1.807, 2.05) is 13.8 Å². The molecule has 0 bridgehead atoms. The number of carboxylic acids is 1. The van der Waals surface area contributed by atoms with Gasteiger partial charge in [-0.3, -0.25) is 19.8 Å². The van der Waals surface area contributed by atoms with E-state index < -0.39 is 11.9 Å². The quantitative estimate of drug-likeness (QED) is 0.715. The van der Waals surface area contributed by atoms with Gasteiger partial charge in [-0.25, -0.2) is 0 Å². The molecule has 0 saturated heterocycles. The van der Waals surface area contributed by atoms with Crippen LogP contribution in [0, 0.1) is 12.3 Å². The minimum atomic E-state index is -1.05. The van der Waals surface area contributed by atoms with Gasteiger partial charge in [0, 0.05) is 6.07 Å². The lowest BCUT2D eigenvalue weighted by atomic mass is 10.1. The number of carbonyl (C=O) groups is 2. The van der Waals surface area contributed by atoms with Crippen molar-refractivity contribution in [2.24, 2.45) is 0 Å². The highest BCUT2D eigenvalue weighted by molar-refractivity contribution is 5.91. The Hall–Kier alpha value is -2.33. The molecule has 1 rings (SSSR count).